The number of carboxylic acid groups (broad SMARTS) is 1. The highest BCUT2D eigenvalue weighted by atomic mass is 16.4. The Morgan fingerprint density at radius 1 is 1.00 bits per heavy atom. The maximum absolute atomic E-state index is 14.1. The van der Waals surface area contributed by atoms with Gasteiger partial charge in [-0.1, -0.05) is 87.9 Å². The number of aliphatic carboxylic acids is 1. The molecule has 0 bridgehead atoms. The number of hydrogen-bond acceptors (Lipinski definition) is 5. The lowest BCUT2D eigenvalue weighted by Gasteiger charge is -2.39. The van der Waals surface area contributed by atoms with Crippen LogP contribution in [0.2, 0.25) is 0 Å². The fraction of sp³-hybridized carbons (Fsp3) is 0.486. The summed E-state index contributed by atoms with van der Waals surface area (Å²) >= 11 is 0. The maximum Gasteiger partial charge on any atom is 0.331 e. The van der Waals surface area contributed by atoms with E-state index in [1.165, 1.54) is 6.92 Å². The average Bonchev–Trinajstić information content (AvgIpc) is 3.02. The van der Waals surface area contributed by atoms with Crippen LogP contribution < -0.4 is 5.32 Å². The molecule has 2 amide bonds. The molecule has 43 heavy (non-hydrogen) atoms. The Hall–Kier alpha value is -3.78. The molecule has 0 spiro atoms. The summed E-state index contributed by atoms with van der Waals surface area (Å²) in [4.78, 5) is 56.1. The fourth-order valence-corrected chi connectivity index (χ4v) is 5.72. The number of piperidine rings is 1. The number of nitrogens with zero attached hydrogens (tertiary/aromatic N) is 2. The van der Waals surface area contributed by atoms with Crippen molar-refractivity contribution in [1.82, 2.24) is 15.1 Å². The molecular weight excluding hydrogens is 542 g/mol. The Labute approximate surface area is 256 Å². The SMILES string of the molecule is CCC(C)N1CCCC[C@@H]1C(=O)N[C@@H](Cc1ccc(C(=O)c2ccccc2)cc1)C(=O)N(C)[C@H](C=C(C)C(=O)O)C(C)C. The minimum absolute atomic E-state index is 0.0536. The molecule has 1 heterocycles. The predicted molar refractivity (Wildman–Crippen MR) is 169 cm³/mol. The Morgan fingerprint density at radius 3 is 2.21 bits per heavy atom. The molecule has 1 aliphatic heterocycles. The normalized spacial score (nSPS) is 18.0. The van der Waals surface area contributed by atoms with E-state index in [0.717, 1.165) is 37.8 Å². The summed E-state index contributed by atoms with van der Waals surface area (Å²) in [6.45, 7) is 10.5. The van der Waals surface area contributed by atoms with Gasteiger partial charge in [-0.15, -0.1) is 0 Å². The van der Waals surface area contributed by atoms with Crippen LogP contribution >= 0.6 is 0 Å². The van der Waals surface area contributed by atoms with Crippen molar-refractivity contribution in [1.29, 1.82) is 0 Å². The molecule has 2 N–H and O–H groups in total. The molecule has 4 atom stereocenters. The Kier molecular flexibility index (Phi) is 12.2. The van der Waals surface area contributed by atoms with Gasteiger partial charge in [0, 0.05) is 36.2 Å². The molecule has 232 valence electrons. The van der Waals surface area contributed by atoms with Gasteiger partial charge in [-0.2, -0.15) is 0 Å². The molecule has 8 nitrogen and oxygen atoms in total. The van der Waals surface area contributed by atoms with Gasteiger partial charge in [-0.3, -0.25) is 19.3 Å². The third kappa shape index (κ3) is 8.86. The lowest BCUT2D eigenvalue weighted by molar-refractivity contribution is -0.139. The molecule has 2 aromatic carbocycles. The van der Waals surface area contributed by atoms with E-state index in [4.69, 9.17) is 0 Å². The highest BCUT2D eigenvalue weighted by Crippen LogP contribution is 2.22. The number of carboxylic acids is 1. The van der Waals surface area contributed by atoms with Crippen LogP contribution in [0.4, 0.5) is 0 Å². The third-order valence-corrected chi connectivity index (χ3v) is 8.55. The van der Waals surface area contributed by atoms with Crippen LogP contribution in [0.3, 0.4) is 0 Å². The number of likely N-dealkylation sites (tertiary alicyclic amines) is 1. The van der Waals surface area contributed by atoms with Crippen LogP contribution in [0.1, 0.15) is 81.8 Å². The average molecular weight is 590 g/mol. The summed E-state index contributed by atoms with van der Waals surface area (Å²) in [5.41, 5.74) is 2.10. The van der Waals surface area contributed by atoms with E-state index < -0.39 is 18.1 Å². The molecule has 1 aliphatic rings. The first-order chi connectivity index (χ1) is 20.4. The van der Waals surface area contributed by atoms with Gasteiger partial charge in [0.15, 0.2) is 5.78 Å². The molecule has 0 radical (unpaired) electrons. The quantitative estimate of drug-likeness (QED) is 0.248. The third-order valence-electron chi connectivity index (χ3n) is 8.55. The molecule has 8 heteroatoms. The van der Waals surface area contributed by atoms with Crippen molar-refractivity contribution in [3.05, 3.63) is 82.9 Å². The molecule has 1 unspecified atom stereocenters. The fourth-order valence-electron chi connectivity index (χ4n) is 5.72. The van der Waals surface area contributed by atoms with Crippen LogP contribution in [-0.2, 0) is 20.8 Å². The second-order valence-electron chi connectivity index (χ2n) is 12.0. The zero-order valence-corrected chi connectivity index (χ0v) is 26.4. The van der Waals surface area contributed by atoms with Gasteiger partial charge in [0.05, 0.1) is 12.1 Å². The van der Waals surface area contributed by atoms with Crippen molar-refractivity contribution < 1.29 is 24.3 Å². The second-order valence-corrected chi connectivity index (χ2v) is 12.0. The van der Waals surface area contributed by atoms with Gasteiger partial charge in [0.1, 0.15) is 6.04 Å². The minimum Gasteiger partial charge on any atom is -0.478 e. The minimum atomic E-state index is -1.04. The van der Waals surface area contributed by atoms with Crippen LogP contribution in [0.25, 0.3) is 0 Å². The van der Waals surface area contributed by atoms with Crippen molar-refractivity contribution in [3.8, 4) is 0 Å². The molecule has 1 fully saturated rings. The summed E-state index contributed by atoms with van der Waals surface area (Å²) in [6, 6.07) is 14.8. The Morgan fingerprint density at radius 2 is 1.63 bits per heavy atom. The number of benzene rings is 2. The topological polar surface area (TPSA) is 107 Å². The first-order valence-corrected chi connectivity index (χ1v) is 15.4. The number of amides is 2. The summed E-state index contributed by atoms with van der Waals surface area (Å²) in [6.07, 6.45) is 5.48. The van der Waals surface area contributed by atoms with Crippen LogP contribution in [-0.4, -0.2) is 76.2 Å². The van der Waals surface area contributed by atoms with Crippen molar-refractivity contribution in [2.75, 3.05) is 13.6 Å². The highest BCUT2D eigenvalue weighted by molar-refractivity contribution is 6.09. The van der Waals surface area contributed by atoms with Crippen LogP contribution in [0, 0.1) is 5.92 Å². The number of ketones is 1. The Bertz CT molecular complexity index is 1290. The molecule has 0 aliphatic carbocycles. The van der Waals surface area contributed by atoms with Gasteiger partial charge in [-0.05, 0) is 51.1 Å². The second kappa shape index (κ2) is 15.6. The predicted octanol–water partition coefficient (Wildman–Crippen LogP) is 5.11. The van der Waals surface area contributed by atoms with Gasteiger partial charge >= 0.3 is 5.97 Å². The van der Waals surface area contributed by atoms with Crippen molar-refractivity contribution >= 4 is 23.6 Å². The van der Waals surface area contributed by atoms with E-state index in [2.05, 4.69) is 24.1 Å². The summed E-state index contributed by atoms with van der Waals surface area (Å²) in [5, 5.41) is 12.5. The molecule has 1 saturated heterocycles. The van der Waals surface area contributed by atoms with Gasteiger partial charge < -0.3 is 15.3 Å². The van der Waals surface area contributed by atoms with Crippen molar-refractivity contribution in [2.45, 2.75) is 90.9 Å². The lowest BCUT2D eigenvalue weighted by Crippen LogP contribution is -2.58. The van der Waals surface area contributed by atoms with E-state index in [-0.39, 0.29) is 47.6 Å². The van der Waals surface area contributed by atoms with Crippen LogP contribution in [0.5, 0.6) is 0 Å². The van der Waals surface area contributed by atoms with Gasteiger partial charge in [0.2, 0.25) is 11.8 Å². The van der Waals surface area contributed by atoms with Gasteiger partial charge in [-0.25, -0.2) is 4.79 Å². The summed E-state index contributed by atoms with van der Waals surface area (Å²) < 4.78 is 0. The van der Waals surface area contributed by atoms with Crippen LogP contribution in [0.15, 0.2) is 66.2 Å². The molecule has 0 saturated carbocycles. The number of carbonyl (C=O) groups is 4. The van der Waals surface area contributed by atoms with E-state index in [9.17, 15) is 24.3 Å². The van der Waals surface area contributed by atoms with Crippen molar-refractivity contribution in [3.63, 3.8) is 0 Å². The first-order valence-electron chi connectivity index (χ1n) is 15.4. The first kappa shape index (κ1) is 33.7. The molecular formula is C35H47N3O5. The van der Waals surface area contributed by atoms with Crippen molar-refractivity contribution in [2.24, 2.45) is 5.92 Å². The number of likely N-dealkylation sites (N-methyl/N-ethyl adjacent to an activating group) is 1. The number of hydrogen-bond donors (Lipinski definition) is 2. The largest absolute Gasteiger partial charge is 0.478 e. The molecule has 3 rings (SSSR count). The summed E-state index contributed by atoms with van der Waals surface area (Å²) in [7, 11) is 1.66. The monoisotopic (exact) mass is 589 g/mol. The number of carbonyl (C=O) groups excluding carboxylic acids is 3. The highest BCUT2D eigenvalue weighted by Gasteiger charge is 2.35. The lowest BCUT2D eigenvalue weighted by atomic mass is 9.95. The number of rotatable bonds is 13. The smallest absolute Gasteiger partial charge is 0.331 e. The van der Waals surface area contributed by atoms with E-state index in [1.54, 1.807) is 42.3 Å². The molecule has 0 aromatic heterocycles. The summed E-state index contributed by atoms with van der Waals surface area (Å²) in [5.74, 6) is -1.64. The van der Waals surface area contributed by atoms with E-state index in [1.807, 2.05) is 44.2 Å². The van der Waals surface area contributed by atoms with E-state index >= 15 is 0 Å². The maximum atomic E-state index is 14.1. The van der Waals surface area contributed by atoms with E-state index in [0.29, 0.717) is 11.1 Å². The standard InChI is InChI=1S/C35H47N3O5/c1-7-25(5)38-20-12-11-15-30(38)33(40)36-29(34(41)37(6)31(23(2)3)21-24(4)35(42)43)22-26-16-18-28(19-17-26)32(39)27-13-9-8-10-14-27/h8-10,13-14,16-19,21,23,25,29-31H,7,11-12,15,20,22H2,1-6H3,(H,36,40)(H,42,43)/t25?,29-,30+,31+/m0/s1. The number of nitrogens with one attached hydrogen (secondary N) is 1. The zero-order chi connectivity index (χ0) is 31.7. The molecule has 2 aromatic rings. The Balaban J connectivity index is 1.90. The van der Waals surface area contributed by atoms with Gasteiger partial charge in [0.25, 0.3) is 0 Å². The zero-order valence-electron chi connectivity index (χ0n) is 26.4.